The molecule has 1 aromatic rings. The minimum Gasteiger partial charge on any atom is -0.386 e. The molecule has 112 valence electrons. The van der Waals surface area contributed by atoms with Crippen LogP contribution in [0.3, 0.4) is 0 Å². The van der Waals surface area contributed by atoms with Gasteiger partial charge in [0, 0.05) is 12.1 Å². The van der Waals surface area contributed by atoms with E-state index in [9.17, 15) is 14.3 Å². The van der Waals surface area contributed by atoms with Gasteiger partial charge in [0.25, 0.3) is 0 Å². The lowest BCUT2D eigenvalue weighted by molar-refractivity contribution is -0.119. The van der Waals surface area contributed by atoms with Gasteiger partial charge in [0.15, 0.2) is 0 Å². The second-order valence-corrected chi connectivity index (χ2v) is 6.18. The first-order chi connectivity index (χ1) is 9.50. The van der Waals surface area contributed by atoms with Gasteiger partial charge in [0.1, 0.15) is 5.82 Å². The van der Waals surface area contributed by atoms with Crippen LogP contribution in [-0.2, 0) is 4.79 Å². The van der Waals surface area contributed by atoms with Crippen LogP contribution < -0.4 is 5.32 Å². The SMILES string of the molecule is CC(C)CCSCC(=O)NCC(O)c1ccccc1F. The Labute approximate surface area is 124 Å². The minimum absolute atomic E-state index is 0.0322. The number of aliphatic hydroxyl groups is 1. The number of hydrogen-bond donors (Lipinski definition) is 2. The predicted octanol–water partition coefficient (Wildman–Crippen LogP) is 2.75. The molecule has 1 aromatic carbocycles. The molecule has 0 aliphatic rings. The summed E-state index contributed by atoms with van der Waals surface area (Å²) < 4.78 is 13.4. The van der Waals surface area contributed by atoms with E-state index < -0.39 is 11.9 Å². The van der Waals surface area contributed by atoms with Gasteiger partial charge in [-0.1, -0.05) is 32.0 Å². The maximum absolute atomic E-state index is 13.4. The van der Waals surface area contributed by atoms with Crippen LogP contribution >= 0.6 is 11.8 Å². The summed E-state index contributed by atoms with van der Waals surface area (Å²) in [4.78, 5) is 11.6. The number of benzene rings is 1. The highest BCUT2D eigenvalue weighted by Crippen LogP contribution is 2.15. The number of carbonyl (C=O) groups is 1. The van der Waals surface area contributed by atoms with E-state index in [2.05, 4.69) is 19.2 Å². The Bertz CT molecular complexity index is 426. The topological polar surface area (TPSA) is 49.3 Å². The zero-order valence-corrected chi connectivity index (χ0v) is 12.8. The number of carbonyl (C=O) groups excluding carboxylic acids is 1. The third-order valence-electron chi connectivity index (χ3n) is 2.83. The van der Waals surface area contributed by atoms with Gasteiger partial charge in [0.2, 0.25) is 5.91 Å². The van der Waals surface area contributed by atoms with E-state index in [0.29, 0.717) is 11.7 Å². The molecule has 20 heavy (non-hydrogen) atoms. The molecule has 0 radical (unpaired) electrons. The molecule has 1 rings (SSSR count). The van der Waals surface area contributed by atoms with Gasteiger partial charge in [-0.15, -0.1) is 0 Å². The van der Waals surface area contributed by atoms with E-state index in [1.54, 1.807) is 23.9 Å². The van der Waals surface area contributed by atoms with Crippen molar-refractivity contribution in [2.24, 2.45) is 5.92 Å². The van der Waals surface area contributed by atoms with Crippen LogP contribution in [0.2, 0.25) is 0 Å². The van der Waals surface area contributed by atoms with Crippen LogP contribution in [0, 0.1) is 11.7 Å². The Morgan fingerprint density at radius 3 is 2.75 bits per heavy atom. The Balaban J connectivity index is 2.25. The first kappa shape index (κ1) is 17.0. The Morgan fingerprint density at radius 1 is 1.40 bits per heavy atom. The van der Waals surface area contributed by atoms with E-state index in [0.717, 1.165) is 12.2 Å². The third kappa shape index (κ3) is 6.39. The summed E-state index contributed by atoms with van der Waals surface area (Å²) in [6.07, 6.45) is 0.0660. The van der Waals surface area contributed by atoms with Gasteiger partial charge in [-0.25, -0.2) is 4.39 Å². The highest BCUT2D eigenvalue weighted by atomic mass is 32.2. The molecule has 0 saturated heterocycles. The lowest BCUT2D eigenvalue weighted by Gasteiger charge is -2.13. The number of amides is 1. The molecule has 1 unspecified atom stereocenters. The quantitative estimate of drug-likeness (QED) is 0.726. The van der Waals surface area contributed by atoms with Crippen molar-refractivity contribution in [3.05, 3.63) is 35.6 Å². The van der Waals surface area contributed by atoms with Crippen molar-refractivity contribution in [1.29, 1.82) is 0 Å². The first-order valence-corrected chi connectivity index (χ1v) is 7.93. The second-order valence-electron chi connectivity index (χ2n) is 5.08. The molecule has 3 nitrogen and oxygen atoms in total. The fraction of sp³-hybridized carbons (Fsp3) is 0.533. The van der Waals surface area contributed by atoms with Crippen molar-refractivity contribution < 1.29 is 14.3 Å². The van der Waals surface area contributed by atoms with Crippen LogP contribution in [0.5, 0.6) is 0 Å². The predicted molar refractivity (Wildman–Crippen MR) is 81.1 cm³/mol. The summed E-state index contributed by atoms with van der Waals surface area (Å²) in [5.74, 6) is 1.36. The first-order valence-electron chi connectivity index (χ1n) is 6.77. The van der Waals surface area contributed by atoms with Crippen LogP contribution in [0.25, 0.3) is 0 Å². The van der Waals surface area contributed by atoms with Crippen molar-refractivity contribution >= 4 is 17.7 Å². The molecule has 1 atom stereocenters. The van der Waals surface area contributed by atoms with Crippen molar-refractivity contribution in [1.82, 2.24) is 5.32 Å². The Hall–Kier alpha value is -1.07. The van der Waals surface area contributed by atoms with E-state index in [-0.39, 0.29) is 18.0 Å². The minimum atomic E-state index is -1.01. The Kier molecular flexibility index (Phi) is 7.62. The molecule has 0 aromatic heterocycles. The van der Waals surface area contributed by atoms with Crippen molar-refractivity contribution in [2.45, 2.75) is 26.4 Å². The van der Waals surface area contributed by atoms with Crippen molar-refractivity contribution in [2.75, 3.05) is 18.1 Å². The van der Waals surface area contributed by atoms with Gasteiger partial charge in [0.05, 0.1) is 11.9 Å². The van der Waals surface area contributed by atoms with Crippen LogP contribution in [0.15, 0.2) is 24.3 Å². The van der Waals surface area contributed by atoms with Crippen LogP contribution in [0.1, 0.15) is 31.9 Å². The van der Waals surface area contributed by atoms with Crippen LogP contribution in [-0.4, -0.2) is 29.1 Å². The monoisotopic (exact) mass is 299 g/mol. The number of aliphatic hydroxyl groups excluding tert-OH is 1. The lowest BCUT2D eigenvalue weighted by atomic mass is 10.1. The zero-order chi connectivity index (χ0) is 15.0. The van der Waals surface area contributed by atoms with E-state index >= 15 is 0 Å². The lowest BCUT2D eigenvalue weighted by Crippen LogP contribution is -2.30. The average Bonchev–Trinajstić information content (AvgIpc) is 2.41. The van der Waals surface area contributed by atoms with Gasteiger partial charge >= 0.3 is 0 Å². The highest BCUT2D eigenvalue weighted by Gasteiger charge is 2.13. The fourth-order valence-electron chi connectivity index (χ4n) is 1.60. The molecular weight excluding hydrogens is 277 g/mol. The number of rotatable bonds is 8. The molecule has 0 fully saturated rings. The van der Waals surface area contributed by atoms with Gasteiger partial charge < -0.3 is 10.4 Å². The van der Waals surface area contributed by atoms with Crippen LogP contribution in [0.4, 0.5) is 4.39 Å². The summed E-state index contributed by atoms with van der Waals surface area (Å²) in [6.45, 7) is 4.32. The molecule has 0 spiro atoms. The van der Waals surface area contributed by atoms with Gasteiger partial charge in [-0.3, -0.25) is 4.79 Å². The molecule has 0 aliphatic heterocycles. The summed E-state index contributed by atoms with van der Waals surface area (Å²) in [7, 11) is 0. The number of thioether (sulfide) groups is 1. The zero-order valence-electron chi connectivity index (χ0n) is 11.9. The molecule has 2 N–H and O–H groups in total. The summed E-state index contributed by atoms with van der Waals surface area (Å²) >= 11 is 1.57. The number of nitrogens with one attached hydrogen (secondary N) is 1. The highest BCUT2D eigenvalue weighted by molar-refractivity contribution is 7.99. The van der Waals surface area contributed by atoms with E-state index in [4.69, 9.17) is 0 Å². The fourth-order valence-corrected chi connectivity index (χ4v) is 2.67. The maximum atomic E-state index is 13.4. The average molecular weight is 299 g/mol. The van der Waals surface area contributed by atoms with Gasteiger partial charge in [-0.2, -0.15) is 11.8 Å². The van der Waals surface area contributed by atoms with Crippen molar-refractivity contribution in [3.8, 4) is 0 Å². The summed E-state index contributed by atoms with van der Waals surface area (Å²) in [5, 5.41) is 12.5. The maximum Gasteiger partial charge on any atom is 0.230 e. The van der Waals surface area contributed by atoms with E-state index in [1.165, 1.54) is 12.1 Å². The standard InChI is InChI=1S/C15H22FNO2S/c1-11(2)7-8-20-10-15(19)17-9-14(18)12-5-3-4-6-13(12)16/h3-6,11,14,18H,7-10H2,1-2H3,(H,17,19). The van der Waals surface area contributed by atoms with E-state index in [1.807, 2.05) is 0 Å². The molecular formula is C15H22FNO2S. The van der Waals surface area contributed by atoms with Gasteiger partial charge in [-0.05, 0) is 24.2 Å². The summed E-state index contributed by atoms with van der Waals surface area (Å²) in [6, 6.07) is 6.03. The normalized spacial score (nSPS) is 12.4. The largest absolute Gasteiger partial charge is 0.386 e. The number of halogens is 1. The number of hydrogen-bond acceptors (Lipinski definition) is 3. The molecule has 0 heterocycles. The molecule has 0 saturated carbocycles. The second kappa shape index (κ2) is 8.97. The Morgan fingerprint density at radius 2 is 2.10 bits per heavy atom. The molecule has 0 bridgehead atoms. The molecule has 0 aliphatic carbocycles. The van der Waals surface area contributed by atoms with Crippen molar-refractivity contribution in [3.63, 3.8) is 0 Å². The molecule has 5 heteroatoms. The summed E-state index contributed by atoms with van der Waals surface area (Å²) in [5.41, 5.74) is 0.209. The smallest absolute Gasteiger partial charge is 0.230 e. The molecule has 1 amide bonds. The third-order valence-corrected chi connectivity index (χ3v) is 3.82.